The summed E-state index contributed by atoms with van der Waals surface area (Å²) >= 11 is 5.82. The Hall–Kier alpha value is -2.06. The van der Waals surface area contributed by atoms with Gasteiger partial charge in [-0.2, -0.15) is 0 Å². The average Bonchev–Trinajstić information content (AvgIpc) is 2.36. The summed E-state index contributed by atoms with van der Waals surface area (Å²) in [6, 6.07) is 2.98. The van der Waals surface area contributed by atoms with Crippen molar-refractivity contribution >= 4 is 23.5 Å². The molecule has 6 heteroatoms. The molecule has 5 nitrogen and oxygen atoms in total. The Labute approximate surface area is 116 Å². The Kier molecular flexibility index (Phi) is 5.34. The van der Waals surface area contributed by atoms with Gasteiger partial charge in [0.15, 0.2) is 0 Å². The Balaban J connectivity index is 3.05. The summed E-state index contributed by atoms with van der Waals surface area (Å²) in [6.45, 7) is 1.35. The van der Waals surface area contributed by atoms with Gasteiger partial charge < -0.3 is 10.0 Å². The van der Waals surface area contributed by atoms with E-state index in [1.165, 1.54) is 6.07 Å². The summed E-state index contributed by atoms with van der Waals surface area (Å²) in [5.74, 6) is 0.662. The lowest BCUT2D eigenvalue weighted by molar-refractivity contribution is -0.137. The van der Waals surface area contributed by atoms with E-state index in [2.05, 4.69) is 10.9 Å². The van der Waals surface area contributed by atoms with E-state index in [1.807, 2.05) is 6.92 Å². The van der Waals surface area contributed by atoms with Crippen LogP contribution in [0.2, 0.25) is 5.15 Å². The smallest absolute Gasteiger partial charge is 0.323 e. The number of halogens is 1. The van der Waals surface area contributed by atoms with Crippen molar-refractivity contribution in [3.63, 3.8) is 0 Å². The summed E-state index contributed by atoms with van der Waals surface area (Å²) in [5, 5.41) is 8.95. The van der Waals surface area contributed by atoms with Crippen LogP contribution in [0.15, 0.2) is 12.1 Å². The van der Waals surface area contributed by atoms with Crippen molar-refractivity contribution in [1.29, 1.82) is 0 Å². The standard InChI is InChI=1S/C13H13ClN2O3/c1-3-5-16(8-12(17)18)13(19)9-6-10(4-2)15-11(14)7-9/h1,6-7H,4-5,8H2,2H3,(H,17,18). The van der Waals surface area contributed by atoms with Crippen molar-refractivity contribution < 1.29 is 14.7 Å². The molecule has 1 aromatic heterocycles. The zero-order chi connectivity index (χ0) is 14.4. The fourth-order valence-corrected chi connectivity index (χ4v) is 1.74. The second-order valence-electron chi connectivity index (χ2n) is 3.78. The van der Waals surface area contributed by atoms with Crippen LogP contribution in [0.25, 0.3) is 0 Å². The van der Waals surface area contributed by atoms with Gasteiger partial charge in [0, 0.05) is 11.3 Å². The Morgan fingerprint density at radius 1 is 1.53 bits per heavy atom. The Bertz CT molecular complexity index is 537. The number of hydrogen-bond acceptors (Lipinski definition) is 3. The lowest BCUT2D eigenvalue weighted by atomic mass is 10.2. The minimum atomic E-state index is -1.13. The normalized spacial score (nSPS) is 9.74. The summed E-state index contributed by atoms with van der Waals surface area (Å²) in [7, 11) is 0. The molecule has 0 unspecified atom stereocenters. The summed E-state index contributed by atoms with van der Waals surface area (Å²) in [4.78, 5) is 28.0. The third-order valence-corrected chi connectivity index (χ3v) is 2.55. The first-order chi connectivity index (χ1) is 8.97. The summed E-state index contributed by atoms with van der Waals surface area (Å²) in [6.07, 6.45) is 5.75. The summed E-state index contributed by atoms with van der Waals surface area (Å²) < 4.78 is 0. The van der Waals surface area contributed by atoms with E-state index < -0.39 is 18.4 Å². The van der Waals surface area contributed by atoms with Crippen LogP contribution in [-0.4, -0.2) is 40.0 Å². The third kappa shape index (κ3) is 4.27. The molecule has 0 aromatic carbocycles. The molecule has 1 N–H and O–H groups in total. The molecular weight excluding hydrogens is 268 g/mol. The van der Waals surface area contributed by atoms with Gasteiger partial charge in [0.25, 0.3) is 5.91 Å². The fraction of sp³-hybridized carbons (Fsp3) is 0.308. The van der Waals surface area contributed by atoms with Gasteiger partial charge >= 0.3 is 5.97 Å². The van der Waals surface area contributed by atoms with E-state index in [9.17, 15) is 9.59 Å². The first-order valence-corrected chi connectivity index (χ1v) is 5.96. The number of hydrogen-bond donors (Lipinski definition) is 1. The molecule has 0 aliphatic heterocycles. The zero-order valence-corrected chi connectivity index (χ0v) is 11.1. The number of amides is 1. The molecule has 100 valence electrons. The van der Waals surface area contributed by atoms with E-state index in [1.54, 1.807) is 6.07 Å². The molecule has 1 amide bonds. The molecule has 0 aliphatic carbocycles. The highest BCUT2D eigenvalue weighted by Crippen LogP contribution is 2.13. The number of terminal acetylenes is 1. The first-order valence-electron chi connectivity index (χ1n) is 5.59. The Morgan fingerprint density at radius 3 is 2.74 bits per heavy atom. The SMILES string of the molecule is C#CCN(CC(=O)O)C(=O)c1cc(Cl)nc(CC)c1. The number of rotatable bonds is 5. The van der Waals surface area contributed by atoms with Crippen molar-refractivity contribution in [1.82, 2.24) is 9.88 Å². The number of carboxylic acid groups (broad SMARTS) is 1. The van der Waals surface area contributed by atoms with Crippen LogP contribution in [-0.2, 0) is 11.2 Å². The molecule has 0 spiro atoms. The lowest BCUT2D eigenvalue weighted by Gasteiger charge is -2.18. The minimum Gasteiger partial charge on any atom is -0.480 e. The maximum absolute atomic E-state index is 12.2. The molecule has 0 saturated carbocycles. The number of pyridine rings is 1. The quantitative estimate of drug-likeness (QED) is 0.655. The van der Waals surface area contributed by atoms with Gasteiger partial charge in [0.1, 0.15) is 11.7 Å². The second kappa shape index (κ2) is 6.76. The van der Waals surface area contributed by atoms with Crippen molar-refractivity contribution in [2.24, 2.45) is 0 Å². The van der Waals surface area contributed by atoms with Gasteiger partial charge in [-0.3, -0.25) is 9.59 Å². The first kappa shape index (κ1) is 15.0. The van der Waals surface area contributed by atoms with Crippen LogP contribution in [0.3, 0.4) is 0 Å². The number of nitrogens with zero attached hydrogens (tertiary/aromatic N) is 2. The van der Waals surface area contributed by atoms with Gasteiger partial charge in [-0.1, -0.05) is 24.4 Å². The van der Waals surface area contributed by atoms with E-state index >= 15 is 0 Å². The fourth-order valence-electron chi connectivity index (χ4n) is 1.51. The van der Waals surface area contributed by atoms with Crippen LogP contribution >= 0.6 is 11.6 Å². The number of aliphatic carboxylic acids is 1. The number of aryl methyl sites for hydroxylation is 1. The van der Waals surface area contributed by atoms with Crippen LogP contribution < -0.4 is 0 Å². The molecule has 0 radical (unpaired) electrons. The molecule has 0 fully saturated rings. The predicted octanol–water partition coefficient (Wildman–Crippen LogP) is 1.46. The topological polar surface area (TPSA) is 70.5 Å². The van der Waals surface area contributed by atoms with Crippen LogP contribution in [0.1, 0.15) is 23.0 Å². The molecule has 0 saturated heterocycles. The molecule has 19 heavy (non-hydrogen) atoms. The summed E-state index contributed by atoms with van der Waals surface area (Å²) in [5.41, 5.74) is 0.945. The molecule has 1 heterocycles. The highest BCUT2D eigenvalue weighted by atomic mass is 35.5. The average molecular weight is 281 g/mol. The molecule has 1 aromatic rings. The Morgan fingerprint density at radius 2 is 2.21 bits per heavy atom. The maximum Gasteiger partial charge on any atom is 0.323 e. The number of carboxylic acids is 1. The van der Waals surface area contributed by atoms with Crippen molar-refractivity contribution in [3.8, 4) is 12.3 Å². The van der Waals surface area contributed by atoms with Gasteiger partial charge in [-0.25, -0.2) is 4.98 Å². The van der Waals surface area contributed by atoms with Gasteiger partial charge in [-0.15, -0.1) is 6.42 Å². The van der Waals surface area contributed by atoms with E-state index in [0.29, 0.717) is 12.1 Å². The molecule has 1 rings (SSSR count). The minimum absolute atomic E-state index is 0.0769. The molecule has 0 bridgehead atoms. The zero-order valence-electron chi connectivity index (χ0n) is 10.4. The van der Waals surface area contributed by atoms with Gasteiger partial charge in [0.05, 0.1) is 6.54 Å². The van der Waals surface area contributed by atoms with Crippen LogP contribution in [0, 0.1) is 12.3 Å². The third-order valence-electron chi connectivity index (χ3n) is 2.35. The maximum atomic E-state index is 12.2. The highest BCUT2D eigenvalue weighted by molar-refractivity contribution is 6.29. The van der Waals surface area contributed by atoms with Crippen molar-refractivity contribution in [2.45, 2.75) is 13.3 Å². The second-order valence-corrected chi connectivity index (χ2v) is 4.17. The van der Waals surface area contributed by atoms with E-state index in [4.69, 9.17) is 23.1 Å². The van der Waals surface area contributed by atoms with Crippen molar-refractivity contribution in [3.05, 3.63) is 28.5 Å². The highest BCUT2D eigenvalue weighted by Gasteiger charge is 2.18. The van der Waals surface area contributed by atoms with E-state index in [0.717, 1.165) is 4.90 Å². The van der Waals surface area contributed by atoms with E-state index in [-0.39, 0.29) is 17.3 Å². The molecule has 0 aliphatic rings. The van der Waals surface area contributed by atoms with Gasteiger partial charge in [-0.05, 0) is 18.6 Å². The van der Waals surface area contributed by atoms with Gasteiger partial charge in [0.2, 0.25) is 0 Å². The molecule has 0 atom stereocenters. The predicted molar refractivity (Wildman–Crippen MR) is 71.0 cm³/mol. The number of carbonyl (C=O) groups is 2. The largest absolute Gasteiger partial charge is 0.480 e. The molecular formula is C13H13ClN2O3. The van der Waals surface area contributed by atoms with Crippen molar-refractivity contribution in [2.75, 3.05) is 13.1 Å². The number of carbonyl (C=O) groups excluding carboxylic acids is 1. The number of aromatic nitrogens is 1. The lowest BCUT2D eigenvalue weighted by Crippen LogP contribution is -2.36. The van der Waals surface area contributed by atoms with Crippen LogP contribution in [0.4, 0.5) is 0 Å². The van der Waals surface area contributed by atoms with Crippen LogP contribution in [0.5, 0.6) is 0 Å². The monoisotopic (exact) mass is 280 g/mol.